The van der Waals surface area contributed by atoms with E-state index in [9.17, 15) is 5.11 Å². The van der Waals surface area contributed by atoms with Gasteiger partial charge in [0.25, 0.3) is 0 Å². The van der Waals surface area contributed by atoms with E-state index in [1.807, 2.05) is 12.1 Å². The summed E-state index contributed by atoms with van der Waals surface area (Å²) in [4.78, 5) is 0. The molecule has 0 saturated heterocycles. The molecule has 150 valence electrons. The molecule has 0 amide bonds. The molecular weight excluding hydrogens is 359 g/mol. The summed E-state index contributed by atoms with van der Waals surface area (Å²) in [5, 5.41) is 13.0. The second kappa shape index (κ2) is 5.78. The van der Waals surface area contributed by atoms with E-state index in [1.165, 1.54) is 0 Å². The first-order valence-electron chi connectivity index (χ1n) is 12.2. The van der Waals surface area contributed by atoms with Crippen molar-refractivity contribution in [1.29, 1.82) is 0 Å². The van der Waals surface area contributed by atoms with Gasteiger partial charge in [-0.25, -0.2) is 0 Å². The summed E-state index contributed by atoms with van der Waals surface area (Å²) in [5.41, 5.74) is 0. The summed E-state index contributed by atoms with van der Waals surface area (Å²) in [5.74, 6) is 6.72. The quantitative estimate of drug-likeness (QED) is 0.585. The van der Waals surface area contributed by atoms with E-state index in [2.05, 4.69) is 12.1 Å². The van der Waals surface area contributed by atoms with Crippen molar-refractivity contribution >= 4 is 13.2 Å². The zero-order valence-electron chi connectivity index (χ0n) is 17.2. The Bertz CT molecular complexity index is 666. The largest absolute Gasteiger partial charge is 0.508 e. The molecule has 0 atom stereocenters. The van der Waals surface area contributed by atoms with Crippen molar-refractivity contribution in [1.82, 2.24) is 0 Å². The smallest absolute Gasteiger partial charge is 0.115 e. The second-order valence-corrected chi connectivity index (χ2v) is 15.2. The number of hydrogen-bond donors (Lipinski definition) is 1. The lowest BCUT2D eigenvalue weighted by Crippen LogP contribution is -2.58. The van der Waals surface area contributed by atoms with Gasteiger partial charge in [-0.2, -0.15) is 0 Å². The topological polar surface area (TPSA) is 20.2 Å². The molecule has 1 aromatic carbocycles. The molecule has 1 aromatic rings. The summed E-state index contributed by atoms with van der Waals surface area (Å²) >= 11 is 0. The highest BCUT2D eigenvalue weighted by molar-refractivity contribution is 7.68. The minimum absolute atomic E-state index is 0.127. The van der Waals surface area contributed by atoms with Crippen LogP contribution >= 0.6 is 7.92 Å². The maximum atomic E-state index is 10.0. The molecule has 1 nitrogen and oxygen atoms in total. The van der Waals surface area contributed by atoms with Crippen molar-refractivity contribution in [2.45, 2.75) is 87.4 Å². The van der Waals surface area contributed by atoms with E-state index in [0.717, 1.165) is 35.5 Å². The van der Waals surface area contributed by atoms with E-state index < -0.39 is 0 Å². The predicted octanol–water partition coefficient (Wildman–Crippen LogP) is 6.44. The van der Waals surface area contributed by atoms with Crippen molar-refractivity contribution in [3.8, 4) is 5.75 Å². The molecule has 28 heavy (non-hydrogen) atoms. The van der Waals surface area contributed by atoms with E-state index >= 15 is 0 Å². The highest BCUT2D eigenvalue weighted by atomic mass is 31.1. The minimum atomic E-state index is -0.127. The molecule has 8 fully saturated rings. The van der Waals surface area contributed by atoms with Gasteiger partial charge in [0.15, 0.2) is 0 Å². The number of benzene rings is 1. The summed E-state index contributed by atoms with van der Waals surface area (Å²) in [6.45, 7) is 0. The number of hydrogen-bond acceptors (Lipinski definition) is 1. The van der Waals surface area contributed by atoms with Crippen LogP contribution in [0.15, 0.2) is 24.3 Å². The Labute approximate surface area is 171 Å². The molecule has 9 rings (SSSR count). The Morgan fingerprint density at radius 1 is 0.571 bits per heavy atom. The van der Waals surface area contributed by atoms with Crippen LogP contribution in [0.25, 0.3) is 0 Å². The van der Waals surface area contributed by atoms with Crippen LogP contribution in [0.3, 0.4) is 0 Å². The van der Waals surface area contributed by atoms with Crippen molar-refractivity contribution in [2.24, 2.45) is 35.5 Å². The molecule has 0 spiro atoms. The van der Waals surface area contributed by atoms with Gasteiger partial charge in [-0.1, -0.05) is 20.1 Å². The summed E-state index contributed by atoms with van der Waals surface area (Å²) in [6, 6.07) is 8.73. The summed E-state index contributed by atoms with van der Waals surface area (Å²) in [6.07, 6.45) is 18.6. The average Bonchev–Trinajstić information content (AvgIpc) is 2.61. The molecule has 0 aromatic heterocycles. The first-order valence-corrected chi connectivity index (χ1v) is 13.5. The Kier molecular flexibility index (Phi) is 3.54. The van der Waals surface area contributed by atoms with E-state index in [0.29, 0.717) is 16.1 Å². The first-order chi connectivity index (χ1) is 13.6. The highest BCUT2D eigenvalue weighted by Crippen LogP contribution is 2.78. The third-order valence-corrected chi connectivity index (χ3v) is 13.9. The van der Waals surface area contributed by atoms with Crippen LogP contribution in [-0.2, 0) is 0 Å². The highest BCUT2D eigenvalue weighted by Gasteiger charge is 2.62. The van der Waals surface area contributed by atoms with Gasteiger partial charge in [-0.3, -0.25) is 0 Å². The zero-order chi connectivity index (χ0) is 18.5. The maximum Gasteiger partial charge on any atom is 0.115 e. The number of phenolic OH excluding ortho intramolecular Hbond substituents is 1. The fourth-order valence-corrected chi connectivity index (χ4v) is 15.5. The van der Waals surface area contributed by atoms with Crippen molar-refractivity contribution < 1.29 is 5.11 Å². The fraction of sp³-hybridized carbons (Fsp3) is 0.769. The lowest BCUT2D eigenvalue weighted by atomic mass is 9.55. The molecule has 0 unspecified atom stereocenters. The van der Waals surface area contributed by atoms with Crippen LogP contribution in [0.4, 0.5) is 0 Å². The Balaban J connectivity index is 1.37. The maximum absolute atomic E-state index is 10.0. The molecule has 2 heteroatoms. The second-order valence-electron chi connectivity index (χ2n) is 12.1. The molecule has 8 aliphatic rings. The van der Waals surface area contributed by atoms with Gasteiger partial charge in [0.2, 0.25) is 0 Å². The normalized spacial score (nSPS) is 51.6. The van der Waals surface area contributed by atoms with Crippen LogP contribution in [0.5, 0.6) is 5.75 Å². The monoisotopic (exact) mass is 394 g/mol. The van der Waals surface area contributed by atoms with Gasteiger partial charge in [0.05, 0.1) is 0 Å². The molecule has 8 saturated carbocycles. The van der Waals surface area contributed by atoms with Gasteiger partial charge < -0.3 is 5.11 Å². The fourth-order valence-electron chi connectivity index (χ4n) is 10.3. The summed E-state index contributed by atoms with van der Waals surface area (Å²) in [7, 11) is -0.127. The third kappa shape index (κ3) is 2.41. The van der Waals surface area contributed by atoms with Crippen LogP contribution in [0.2, 0.25) is 0 Å². The van der Waals surface area contributed by atoms with Crippen LogP contribution in [0.1, 0.15) is 77.0 Å². The van der Waals surface area contributed by atoms with E-state index in [1.54, 1.807) is 82.4 Å². The molecule has 1 N–H and O–H groups in total. The third-order valence-electron chi connectivity index (χ3n) is 10.1. The predicted molar refractivity (Wildman–Crippen MR) is 116 cm³/mol. The molecule has 0 radical (unpaired) electrons. The molecule has 8 aliphatic carbocycles. The molecule has 8 bridgehead atoms. The number of rotatable bonds is 3. The van der Waals surface area contributed by atoms with E-state index in [4.69, 9.17) is 0 Å². The SMILES string of the molecule is Oc1ccc(P(C23CC4CC(CC(C4)C2)C3)C23CC4CC(CC(C4)C2)C3)cc1. The van der Waals surface area contributed by atoms with Gasteiger partial charge in [0, 0.05) is 0 Å². The zero-order valence-corrected chi connectivity index (χ0v) is 18.0. The Morgan fingerprint density at radius 2 is 0.893 bits per heavy atom. The standard InChI is InChI=1S/C26H35OP/c27-23-1-3-24(4-2-23)28(25-11-17-5-18(12-25)7-19(6-17)13-25)26-14-20-8-21(15-26)10-22(9-20)16-26/h1-4,17-22,27H,5-16H2. The van der Waals surface area contributed by atoms with Crippen molar-refractivity contribution in [3.63, 3.8) is 0 Å². The van der Waals surface area contributed by atoms with Crippen molar-refractivity contribution in [2.75, 3.05) is 0 Å². The molecule has 0 aliphatic heterocycles. The Hall–Kier alpha value is -0.550. The lowest BCUT2D eigenvalue weighted by molar-refractivity contribution is 0.0195. The van der Waals surface area contributed by atoms with Gasteiger partial charge >= 0.3 is 0 Å². The lowest BCUT2D eigenvalue weighted by Gasteiger charge is -2.67. The van der Waals surface area contributed by atoms with Crippen LogP contribution in [0, 0.1) is 35.5 Å². The molecular formula is C26H35OP. The van der Waals surface area contributed by atoms with Crippen LogP contribution in [-0.4, -0.2) is 15.4 Å². The van der Waals surface area contributed by atoms with Crippen molar-refractivity contribution in [3.05, 3.63) is 24.3 Å². The number of aromatic hydroxyl groups is 1. The molecule has 0 heterocycles. The summed E-state index contributed by atoms with van der Waals surface area (Å²) < 4.78 is 0. The first kappa shape index (κ1) is 17.2. The number of phenols is 1. The van der Waals surface area contributed by atoms with E-state index in [-0.39, 0.29) is 7.92 Å². The van der Waals surface area contributed by atoms with Gasteiger partial charge in [0.1, 0.15) is 5.75 Å². The van der Waals surface area contributed by atoms with Crippen LogP contribution < -0.4 is 5.30 Å². The van der Waals surface area contributed by atoms with Gasteiger partial charge in [-0.15, -0.1) is 0 Å². The Morgan fingerprint density at radius 3 is 1.21 bits per heavy atom. The van der Waals surface area contributed by atoms with Gasteiger partial charge in [-0.05, 0) is 140 Å². The minimum Gasteiger partial charge on any atom is -0.508 e. The average molecular weight is 395 g/mol.